The standard InChI is InChI=1S/C15H20BN3O2/c1-11-7-6-8-13(18-11)19-9-12(17-10-19)16-20-14(2,3)15(4,5)21-16/h6-10H,1-5H3/i1D3,6D,7D,8D,9D,10D. The van der Waals surface area contributed by atoms with Gasteiger partial charge in [0.1, 0.15) is 7.19 Å². The smallest absolute Gasteiger partial charge is 0.398 e. The first-order valence-corrected chi connectivity index (χ1v) is 6.48. The predicted octanol–water partition coefficient (Wildman–Crippen LogP) is 1.87. The molecule has 2 aromatic heterocycles. The zero-order chi connectivity index (χ0) is 22.1. The van der Waals surface area contributed by atoms with E-state index in [2.05, 4.69) is 9.97 Å². The lowest BCUT2D eigenvalue weighted by Gasteiger charge is -2.32. The molecule has 0 aromatic carbocycles. The first-order valence-electron chi connectivity index (χ1n) is 10.5. The molecule has 2 aromatic rings. The van der Waals surface area contributed by atoms with Gasteiger partial charge < -0.3 is 9.31 Å². The van der Waals surface area contributed by atoms with E-state index in [1.807, 2.05) is 27.7 Å². The van der Waals surface area contributed by atoms with Gasteiger partial charge in [0, 0.05) is 16.0 Å². The number of hydrogen-bond donors (Lipinski definition) is 0. The maximum Gasteiger partial charge on any atom is 0.516 e. The number of aryl methyl sites for hydroxylation is 1. The second-order valence-corrected chi connectivity index (χ2v) is 5.79. The van der Waals surface area contributed by atoms with Crippen LogP contribution < -0.4 is 5.59 Å². The molecule has 0 radical (unpaired) electrons. The minimum atomic E-state index is -2.80. The quantitative estimate of drug-likeness (QED) is 0.793. The monoisotopic (exact) mass is 293 g/mol. The first kappa shape index (κ1) is 7.56. The minimum Gasteiger partial charge on any atom is -0.398 e. The molecular formula is C15H20BN3O2. The average Bonchev–Trinajstić information content (AvgIpc) is 2.97. The molecule has 21 heavy (non-hydrogen) atoms. The van der Waals surface area contributed by atoms with E-state index in [1.165, 1.54) is 0 Å². The Bertz CT molecular complexity index is 973. The predicted molar refractivity (Wildman–Crippen MR) is 81.8 cm³/mol. The number of imidazole rings is 1. The van der Waals surface area contributed by atoms with Crippen LogP contribution in [0.15, 0.2) is 30.6 Å². The van der Waals surface area contributed by atoms with E-state index in [-0.39, 0.29) is 11.8 Å². The van der Waals surface area contributed by atoms with Gasteiger partial charge in [-0.15, -0.1) is 0 Å². The third-order valence-corrected chi connectivity index (χ3v) is 3.76. The van der Waals surface area contributed by atoms with Crippen molar-refractivity contribution in [1.82, 2.24) is 14.5 Å². The fourth-order valence-corrected chi connectivity index (χ4v) is 1.84. The summed E-state index contributed by atoms with van der Waals surface area (Å²) >= 11 is 0. The van der Waals surface area contributed by atoms with Crippen LogP contribution in [0.3, 0.4) is 0 Å². The Kier molecular flexibility index (Phi) is 1.68. The van der Waals surface area contributed by atoms with Gasteiger partial charge in [-0.25, -0.2) is 9.97 Å². The van der Waals surface area contributed by atoms with Gasteiger partial charge in [0.05, 0.1) is 28.6 Å². The Morgan fingerprint density at radius 3 is 2.62 bits per heavy atom. The van der Waals surface area contributed by atoms with Crippen LogP contribution in [0.25, 0.3) is 5.82 Å². The van der Waals surface area contributed by atoms with E-state index < -0.39 is 61.1 Å². The zero-order valence-corrected chi connectivity index (χ0v) is 12.2. The maximum atomic E-state index is 8.42. The summed E-state index contributed by atoms with van der Waals surface area (Å²) in [4.78, 5) is 7.84. The normalized spacial score (nSPS) is 26.0. The van der Waals surface area contributed by atoms with Crippen LogP contribution in [0.1, 0.15) is 44.4 Å². The van der Waals surface area contributed by atoms with Gasteiger partial charge in [-0.05, 0) is 46.6 Å². The van der Waals surface area contributed by atoms with Crippen molar-refractivity contribution in [3.63, 3.8) is 0 Å². The SMILES string of the molecule is [2H]c1c(-n2c([2H])nc(B3OC(C)(C)C(C)(C)O3)c2[2H])nc(C([2H])([2H])[2H])c([2H])c1[2H]. The molecule has 0 amide bonds. The Hall–Kier alpha value is -1.66. The minimum absolute atomic E-state index is 0.0215. The Morgan fingerprint density at radius 1 is 1.24 bits per heavy atom. The molecule has 1 aliphatic rings. The summed E-state index contributed by atoms with van der Waals surface area (Å²) in [5.74, 6) is -0.428. The van der Waals surface area contributed by atoms with Crippen molar-refractivity contribution in [3.05, 3.63) is 36.3 Å². The molecule has 0 spiro atoms. The first-order chi connectivity index (χ1) is 13.1. The van der Waals surface area contributed by atoms with Crippen molar-refractivity contribution in [2.24, 2.45) is 0 Å². The highest BCUT2D eigenvalue weighted by molar-refractivity contribution is 6.61. The lowest BCUT2D eigenvalue weighted by Crippen LogP contribution is -2.41. The van der Waals surface area contributed by atoms with E-state index in [0.29, 0.717) is 0 Å². The maximum absolute atomic E-state index is 8.42. The molecule has 1 fully saturated rings. The van der Waals surface area contributed by atoms with E-state index in [4.69, 9.17) is 20.3 Å². The molecule has 1 saturated heterocycles. The second kappa shape index (κ2) is 4.68. The van der Waals surface area contributed by atoms with Crippen LogP contribution in [-0.4, -0.2) is 32.9 Å². The molecule has 0 N–H and O–H groups in total. The Balaban J connectivity index is 2.17. The molecule has 0 aliphatic carbocycles. The highest BCUT2D eigenvalue weighted by Crippen LogP contribution is 2.36. The van der Waals surface area contributed by atoms with Gasteiger partial charge >= 0.3 is 7.12 Å². The summed E-state index contributed by atoms with van der Waals surface area (Å²) in [7, 11) is -1.04. The van der Waals surface area contributed by atoms with Gasteiger partial charge in [0.15, 0.2) is 0 Å². The molecule has 6 heteroatoms. The van der Waals surface area contributed by atoms with Crippen LogP contribution in [-0.2, 0) is 9.31 Å². The van der Waals surface area contributed by atoms with Crippen molar-refractivity contribution in [2.75, 3.05) is 0 Å². The number of hydrogen-bond acceptors (Lipinski definition) is 4. The van der Waals surface area contributed by atoms with Crippen molar-refractivity contribution in [1.29, 1.82) is 0 Å². The third kappa shape index (κ3) is 2.49. The number of nitrogens with zero attached hydrogens (tertiary/aromatic N) is 3. The fourth-order valence-electron chi connectivity index (χ4n) is 1.84. The Labute approximate surface area is 136 Å². The summed E-state index contributed by atoms with van der Waals surface area (Å²) in [6.07, 6.45) is -0.863. The summed E-state index contributed by atoms with van der Waals surface area (Å²) in [5, 5.41) is 0. The summed E-state index contributed by atoms with van der Waals surface area (Å²) in [6.45, 7) is 4.48. The molecule has 3 rings (SSSR count). The third-order valence-electron chi connectivity index (χ3n) is 3.76. The van der Waals surface area contributed by atoms with Gasteiger partial charge in [-0.2, -0.15) is 0 Å². The molecule has 3 heterocycles. The van der Waals surface area contributed by atoms with Crippen LogP contribution >= 0.6 is 0 Å². The Morgan fingerprint density at radius 2 is 1.95 bits per heavy atom. The van der Waals surface area contributed by atoms with E-state index in [9.17, 15) is 0 Å². The van der Waals surface area contributed by atoms with Crippen LogP contribution in [0.2, 0.25) is 0 Å². The highest BCUT2D eigenvalue weighted by atomic mass is 16.7. The largest absolute Gasteiger partial charge is 0.516 e. The lowest BCUT2D eigenvalue weighted by atomic mass is 9.86. The summed E-state index contributed by atoms with van der Waals surface area (Å²) in [5.41, 5.74) is -2.11. The van der Waals surface area contributed by atoms with Gasteiger partial charge in [0.25, 0.3) is 0 Å². The molecule has 5 nitrogen and oxygen atoms in total. The zero-order valence-electron chi connectivity index (χ0n) is 20.2. The highest BCUT2D eigenvalue weighted by Gasteiger charge is 2.52. The van der Waals surface area contributed by atoms with E-state index in [1.54, 1.807) is 0 Å². The van der Waals surface area contributed by atoms with Gasteiger partial charge in [0.2, 0.25) is 0 Å². The van der Waals surface area contributed by atoms with Gasteiger partial charge in [-0.1, -0.05) is 6.04 Å². The van der Waals surface area contributed by atoms with E-state index in [0.717, 1.165) is 4.57 Å². The van der Waals surface area contributed by atoms with Crippen LogP contribution in [0, 0.1) is 6.85 Å². The molecular weight excluding hydrogens is 265 g/mol. The number of pyridine rings is 1. The van der Waals surface area contributed by atoms with Crippen molar-refractivity contribution < 1.29 is 20.3 Å². The van der Waals surface area contributed by atoms with Gasteiger partial charge in [-0.3, -0.25) is 4.57 Å². The summed E-state index contributed by atoms with van der Waals surface area (Å²) in [6, 6.07) is -1.93. The summed E-state index contributed by atoms with van der Waals surface area (Å²) < 4.78 is 75.5. The molecule has 0 bridgehead atoms. The lowest BCUT2D eigenvalue weighted by molar-refractivity contribution is 0.00578. The molecule has 0 unspecified atom stereocenters. The molecule has 110 valence electrons. The number of rotatable bonds is 2. The fraction of sp³-hybridized carbons (Fsp3) is 0.467. The number of aromatic nitrogens is 3. The van der Waals surface area contributed by atoms with E-state index >= 15 is 0 Å². The topological polar surface area (TPSA) is 49.2 Å². The average molecular weight is 293 g/mol. The molecule has 0 atom stereocenters. The van der Waals surface area contributed by atoms with Crippen molar-refractivity contribution in [3.8, 4) is 5.82 Å². The van der Waals surface area contributed by atoms with Crippen LogP contribution in [0.4, 0.5) is 0 Å². The van der Waals surface area contributed by atoms with Crippen LogP contribution in [0.5, 0.6) is 0 Å². The second-order valence-electron chi connectivity index (χ2n) is 5.79. The molecule has 1 aliphatic heterocycles. The van der Waals surface area contributed by atoms with Crippen molar-refractivity contribution >= 4 is 12.7 Å². The molecule has 0 saturated carbocycles. The van der Waals surface area contributed by atoms with Crippen molar-refractivity contribution in [2.45, 2.75) is 45.7 Å².